The lowest BCUT2D eigenvalue weighted by Crippen LogP contribution is -2.25. The van der Waals surface area contributed by atoms with Crippen LogP contribution in [0.3, 0.4) is 0 Å². The fourth-order valence-electron chi connectivity index (χ4n) is 2.84. The minimum atomic E-state index is -0.492. The summed E-state index contributed by atoms with van der Waals surface area (Å²) >= 11 is 0. The minimum Gasteiger partial charge on any atom is -0.486 e. The molecule has 3 atom stereocenters. The van der Waals surface area contributed by atoms with E-state index in [4.69, 9.17) is 9.47 Å². The summed E-state index contributed by atoms with van der Waals surface area (Å²) in [6, 6.07) is 6.28. The van der Waals surface area contributed by atoms with E-state index >= 15 is 0 Å². The Bertz CT molecular complexity index is 463. The molecule has 1 aromatic rings. The van der Waals surface area contributed by atoms with Gasteiger partial charge in [0.25, 0.3) is 0 Å². The van der Waals surface area contributed by atoms with E-state index in [1.54, 1.807) is 0 Å². The number of benzene rings is 1. The first-order valence-corrected chi connectivity index (χ1v) is 7.59. The van der Waals surface area contributed by atoms with E-state index in [0.717, 1.165) is 23.0 Å². The number of nitrogens with one attached hydrogen (secondary N) is 1. The molecular formula is C16H23NO3. The summed E-state index contributed by atoms with van der Waals surface area (Å²) in [6.45, 7) is 3.99. The largest absolute Gasteiger partial charge is 0.486 e. The highest BCUT2D eigenvalue weighted by Gasteiger charge is 2.35. The molecule has 3 rings (SSSR count). The molecule has 1 heterocycles. The Hall–Kier alpha value is -1.26. The van der Waals surface area contributed by atoms with Gasteiger partial charge in [-0.05, 0) is 36.5 Å². The quantitative estimate of drug-likeness (QED) is 0.837. The second kappa shape index (κ2) is 6.02. The van der Waals surface area contributed by atoms with E-state index in [0.29, 0.717) is 25.8 Å². The van der Waals surface area contributed by atoms with E-state index in [1.165, 1.54) is 19.3 Å². The minimum absolute atomic E-state index is 0.492. The maximum atomic E-state index is 10.3. The topological polar surface area (TPSA) is 50.7 Å². The fourth-order valence-corrected chi connectivity index (χ4v) is 2.84. The van der Waals surface area contributed by atoms with Gasteiger partial charge in [0.1, 0.15) is 13.2 Å². The normalized spacial score (nSPS) is 25.3. The Morgan fingerprint density at radius 2 is 2.10 bits per heavy atom. The van der Waals surface area contributed by atoms with Crippen molar-refractivity contribution < 1.29 is 14.6 Å². The van der Waals surface area contributed by atoms with Crippen LogP contribution in [0.5, 0.6) is 11.5 Å². The standard InChI is InChI=1S/C16H23NO3/c1-2-3-11-8-13(11)17-10-14(18)12-4-5-15-16(9-12)20-7-6-19-15/h4-5,9,11,13-14,17-18H,2-3,6-8,10H2,1H3. The summed E-state index contributed by atoms with van der Waals surface area (Å²) in [7, 11) is 0. The number of aliphatic hydroxyl groups excluding tert-OH is 1. The van der Waals surface area contributed by atoms with Crippen molar-refractivity contribution in [2.45, 2.75) is 38.3 Å². The van der Waals surface area contributed by atoms with Crippen LogP contribution in [0.15, 0.2) is 18.2 Å². The predicted molar refractivity (Wildman–Crippen MR) is 77.2 cm³/mol. The van der Waals surface area contributed by atoms with Crippen molar-refractivity contribution in [3.05, 3.63) is 23.8 Å². The molecule has 0 bridgehead atoms. The van der Waals surface area contributed by atoms with Crippen molar-refractivity contribution >= 4 is 0 Å². The third-order valence-electron chi connectivity index (χ3n) is 4.11. The fraction of sp³-hybridized carbons (Fsp3) is 0.625. The molecule has 0 saturated heterocycles. The molecule has 4 heteroatoms. The second-order valence-corrected chi connectivity index (χ2v) is 5.72. The van der Waals surface area contributed by atoms with Crippen LogP contribution in [0.1, 0.15) is 37.9 Å². The molecule has 0 spiro atoms. The van der Waals surface area contributed by atoms with E-state index in [2.05, 4.69) is 12.2 Å². The van der Waals surface area contributed by atoms with E-state index in [-0.39, 0.29) is 0 Å². The van der Waals surface area contributed by atoms with Gasteiger partial charge in [-0.1, -0.05) is 19.4 Å². The molecule has 0 radical (unpaired) electrons. The lowest BCUT2D eigenvalue weighted by atomic mass is 10.1. The van der Waals surface area contributed by atoms with Gasteiger partial charge < -0.3 is 19.9 Å². The summed E-state index contributed by atoms with van der Waals surface area (Å²) < 4.78 is 11.0. The van der Waals surface area contributed by atoms with Gasteiger partial charge in [-0.15, -0.1) is 0 Å². The van der Waals surface area contributed by atoms with E-state index < -0.39 is 6.10 Å². The molecule has 1 aliphatic carbocycles. The number of aliphatic hydroxyl groups is 1. The number of fused-ring (bicyclic) bond motifs is 1. The lowest BCUT2D eigenvalue weighted by Gasteiger charge is -2.20. The predicted octanol–water partition coefficient (Wildman–Crippen LogP) is 2.27. The molecule has 0 aromatic heterocycles. The molecule has 3 unspecified atom stereocenters. The number of rotatable bonds is 6. The Morgan fingerprint density at radius 1 is 1.30 bits per heavy atom. The van der Waals surface area contributed by atoms with Gasteiger partial charge in [0.2, 0.25) is 0 Å². The maximum Gasteiger partial charge on any atom is 0.161 e. The molecule has 20 heavy (non-hydrogen) atoms. The molecule has 2 aliphatic rings. The number of hydrogen-bond donors (Lipinski definition) is 2. The molecule has 2 N–H and O–H groups in total. The van der Waals surface area contributed by atoms with Gasteiger partial charge in [0, 0.05) is 12.6 Å². The first-order valence-electron chi connectivity index (χ1n) is 7.59. The molecule has 0 amide bonds. The summed E-state index contributed by atoms with van der Waals surface area (Å²) in [6.07, 6.45) is 3.29. The summed E-state index contributed by atoms with van der Waals surface area (Å²) in [5, 5.41) is 13.7. The van der Waals surface area contributed by atoms with Crippen LogP contribution < -0.4 is 14.8 Å². The van der Waals surface area contributed by atoms with Crippen LogP contribution in [0, 0.1) is 5.92 Å². The van der Waals surface area contributed by atoms with Gasteiger partial charge in [0.15, 0.2) is 11.5 Å². The van der Waals surface area contributed by atoms with Crippen LogP contribution in [-0.4, -0.2) is 30.9 Å². The first-order chi connectivity index (χ1) is 9.78. The smallest absolute Gasteiger partial charge is 0.161 e. The Morgan fingerprint density at radius 3 is 2.90 bits per heavy atom. The Labute approximate surface area is 120 Å². The van der Waals surface area contributed by atoms with Crippen molar-refractivity contribution in [2.24, 2.45) is 5.92 Å². The molecule has 1 aliphatic heterocycles. The first kappa shape index (κ1) is 13.7. The highest BCUT2D eigenvalue weighted by molar-refractivity contribution is 5.44. The zero-order valence-corrected chi connectivity index (χ0v) is 12.0. The van der Waals surface area contributed by atoms with Crippen molar-refractivity contribution in [1.82, 2.24) is 5.32 Å². The highest BCUT2D eigenvalue weighted by atomic mass is 16.6. The van der Waals surface area contributed by atoms with Crippen molar-refractivity contribution in [2.75, 3.05) is 19.8 Å². The molecule has 1 fully saturated rings. The zero-order chi connectivity index (χ0) is 13.9. The third kappa shape index (κ3) is 3.07. The zero-order valence-electron chi connectivity index (χ0n) is 12.0. The van der Waals surface area contributed by atoms with E-state index in [1.807, 2.05) is 18.2 Å². The summed E-state index contributed by atoms with van der Waals surface area (Å²) in [4.78, 5) is 0. The van der Waals surface area contributed by atoms with Crippen molar-refractivity contribution in [3.8, 4) is 11.5 Å². The van der Waals surface area contributed by atoms with Crippen molar-refractivity contribution in [1.29, 1.82) is 0 Å². The Balaban J connectivity index is 1.53. The van der Waals surface area contributed by atoms with E-state index in [9.17, 15) is 5.11 Å². The number of ether oxygens (including phenoxy) is 2. The van der Waals surface area contributed by atoms with Gasteiger partial charge in [-0.2, -0.15) is 0 Å². The molecule has 4 nitrogen and oxygen atoms in total. The Kier molecular flexibility index (Phi) is 4.13. The van der Waals surface area contributed by atoms with Crippen LogP contribution in [0.25, 0.3) is 0 Å². The van der Waals surface area contributed by atoms with Gasteiger partial charge in [0.05, 0.1) is 6.10 Å². The van der Waals surface area contributed by atoms with Crippen LogP contribution >= 0.6 is 0 Å². The molecular weight excluding hydrogens is 254 g/mol. The van der Waals surface area contributed by atoms with Gasteiger partial charge in [-0.3, -0.25) is 0 Å². The van der Waals surface area contributed by atoms with Crippen LogP contribution in [0.4, 0.5) is 0 Å². The van der Waals surface area contributed by atoms with Crippen LogP contribution in [-0.2, 0) is 0 Å². The third-order valence-corrected chi connectivity index (χ3v) is 4.11. The summed E-state index contributed by atoms with van der Waals surface area (Å²) in [5.41, 5.74) is 0.884. The molecule has 1 saturated carbocycles. The van der Waals surface area contributed by atoms with Gasteiger partial charge >= 0.3 is 0 Å². The average Bonchev–Trinajstić information content (AvgIpc) is 3.23. The maximum absolute atomic E-state index is 10.3. The second-order valence-electron chi connectivity index (χ2n) is 5.72. The molecule has 1 aromatic carbocycles. The number of hydrogen-bond acceptors (Lipinski definition) is 4. The average molecular weight is 277 g/mol. The van der Waals surface area contributed by atoms with Crippen molar-refractivity contribution in [3.63, 3.8) is 0 Å². The summed E-state index contributed by atoms with van der Waals surface area (Å²) in [5.74, 6) is 2.32. The monoisotopic (exact) mass is 277 g/mol. The molecule has 110 valence electrons. The van der Waals surface area contributed by atoms with Gasteiger partial charge in [-0.25, -0.2) is 0 Å². The highest BCUT2D eigenvalue weighted by Crippen LogP contribution is 2.35. The van der Waals surface area contributed by atoms with Crippen LogP contribution in [0.2, 0.25) is 0 Å². The lowest BCUT2D eigenvalue weighted by molar-refractivity contribution is 0.162. The SMILES string of the molecule is CCCC1CC1NCC(O)c1ccc2c(c1)OCCO2.